The number of carbonyl (C=O) groups excluding carboxylic acids is 1. The number of ketones is 1. The molecular weight excluding hydrogens is 232 g/mol. The molecule has 0 aliphatic heterocycles. The van der Waals surface area contributed by atoms with Gasteiger partial charge in [-0.3, -0.25) is 4.79 Å². The highest BCUT2D eigenvalue weighted by molar-refractivity contribution is 5.84. The summed E-state index contributed by atoms with van der Waals surface area (Å²) in [5.41, 5.74) is 0. The van der Waals surface area contributed by atoms with E-state index in [4.69, 9.17) is 0 Å². The number of hydrogen-bond acceptors (Lipinski definition) is 1. The molecule has 108 valence electrons. The van der Waals surface area contributed by atoms with Crippen LogP contribution in [0.5, 0.6) is 0 Å². The molecule has 0 aromatic rings. The van der Waals surface area contributed by atoms with Crippen molar-refractivity contribution in [1.29, 1.82) is 0 Å². The first-order valence-corrected chi connectivity index (χ1v) is 8.85. The topological polar surface area (TPSA) is 17.1 Å². The van der Waals surface area contributed by atoms with Gasteiger partial charge in [0.15, 0.2) is 0 Å². The standard InChI is InChI=1S/C18H30O/c1-2-3-4-5-6-7-8-9-15(19)18-16-13-10-11-14(12-13)17(16)18/h13-14,16-18H,2-12H2,1H3. The van der Waals surface area contributed by atoms with Crippen molar-refractivity contribution in [3.05, 3.63) is 0 Å². The molecule has 0 N–H and O–H groups in total. The molecule has 3 fully saturated rings. The molecule has 0 heterocycles. The molecule has 0 amide bonds. The highest BCUT2D eigenvalue weighted by Crippen LogP contribution is 2.69. The lowest BCUT2D eigenvalue weighted by molar-refractivity contribution is -0.121. The Morgan fingerprint density at radius 1 is 0.895 bits per heavy atom. The third-order valence-electron chi connectivity index (χ3n) is 6.13. The van der Waals surface area contributed by atoms with Crippen molar-refractivity contribution in [2.45, 2.75) is 77.6 Å². The van der Waals surface area contributed by atoms with E-state index in [1.807, 2.05) is 0 Å². The zero-order valence-electron chi connectivity index (χ0n) is 12.6. The molecule has 3 rings (SSSR count). The van der Waals surface area contributed by atoms with Crippen molar-refractivity contribution >= 4 is 5.78 Å². The summed E-state index contributed by atoms with van der Waals surface area (Å²) in [7, 11) is 0. The molecule has 0 spiro atoms. The minimum absolute atomic E-state index is 0.534. The van der Waals surface area contributed by atoms with E-state index >= 15 is 0 Å². The van der Waals surface area contributed by atoms with Crippen LogP contribution in [-0.2, 0) is 4.79 Å². The smallest absolute Gasteiger partial charge is 0.136 e. The van der Waals surface area contributed by atoms with Crippen molar-refractivity contribution in [2.75, 3.05) is 0 Å². The van der Waals surface area contributed by atoms with Crippen molar-refractivity contribution in [1.82, 2.24) is 0 Å². The maximum Gasteiger partial charge on any atom is 0.136 e. The Kier molecular flexibility index (Phi) is 4.29. The van der Waals surface area contributed by atoms with Crippen LogP contribution in [0.1, 0.15) is 77.6 Å². The van der Waals surface area contributed by atoms with Crippen LogP contribution in [0.4, 0.5) is 0 Å². The highest BCUT2D eigenvalue weighted by Gasteiger charge is 2.66. The molecule has 3 aliphatic carbocycles. The molecule has 2 bridgehead atoms. The summed E-state index contributed by atoms with van der Waals surface area (Å²) in [6, 6.07) is 0. The second-order valence-electron chi connectivity index (χ2n) is 7.35. The lowest BCUT2D eigenvalue weighted by Gasteiger charge is -2.07. The lowest BCUT2D eigenvalue weighted by atomic mass is 9.97. The summed E-state index contributed by atoms with van der Waals surface area (Å²) in [5, 5.41) is 0. The van der Waals surface area contributed by atoms with Crippen LogP contribution in [0.15, 0.2) is 0 Å². The van der Waals surface area contributed by atoms with Crippen LogP contribution >= 0.6 is 0 Å². The predicted octanol–water partition coefficient (Wildman–Crippen LogP) is 4.99. The van der Waals surface area contributed by atoms with Crippen LogP contribution < -0.4 is 0 Å². The molecular formula is C18H30O. The van der Waals surface area contributed by atoms with E-state index < -0.39 is 0 Å². The van der Waals surface area contributed by atoms with Gasteiger partial charge in [0.05, 0.1) is 0 Å². The Balaban J connectivity index is 1.27. The van der Waals surface area contributed by atoms with Crippen LogP contribution in [-0.4, -0.2) is 5.78 Å². The first kappa shape index (κ1) is 13.6. The number of rotatable bonds is 9. The largest absolute Gasteiger partial charge is 0.299 e. The fourth-order valence-electron chi connectivity index (χ4n) is 5.18. The number of unbranched alkanes of at least 4 members (excludes halogenated alkanes) is 6. The van der Waals surface area contributed by atoms with Crippen LogP contribution in [0.2, 0.25) is 0 Å². The minimum Gasteiger partial charge on any atom is -0.299 e. The Bertz CT molecular complexity index is 306. The lowest BCUT2D eigenvalue weighted by Crippen LogP contribution is -2.09. The maximum absolute atomic E-state index is 12.3. The summed E-state index contributed by atoms with van der Waals surface area (Å²) in [6.07, 6.45) is 14.5. The predicted molar refractivity (Wildman–Crippen MR) is 78.9 cm³/mol. The summed E-state index contributed by atoms with van der Waals surface area (Å²) in [4.78, 5) is 12.3. The summed E-state index contributed by atoms with van der Waals surface area (Å²) in [6.45, 7) is 2.26. The number of Topliss-reactive ketones (excluding diaryl/α,β-unsaturated/α-hetero) is 1. The van der Waals surface area contributed by atoms with Gasteiger partial charge in [0, 0.05) is 12.3 Å². The number of fused-ring (bicyclic) bond motifs is 5. The molecule has 0 aromatic carbocycles. The summed E-state index contributed by atoms with van der Waals surface area (Å²) in [5.74, 6) is 4.80. The fraction of sp³-hybridized carbons (Fsp3) is 0.944. The normalized spacial score (nSPS) is 38.5. The highest BCUT2D eigenvalue weighted by atomic mass is 16.1. The van der Waals surface area contributed by atoms with Gasteiger partial charge in [0.2, 0.25) is 0 Å². The van der Waals surface area contributed by atoms with Gasteiger partial charge < -0.3 is 0 Å². The zero-order chi connectivity index (χ0) is 13.2. The Hall–Kier alpha value is -0.330. The van der Waals surface area contributed by atoms with E-state index in [1.54, 1.807) is 0 Å². The number of hydrogen-bond donors (Lipinski definition) is 0. The van der Waals surface area contributed by atoms with Gasteiger partial charge in [-0.1, -0.05) is 45.4 Å². The molecule has 19 heavy (non-hydrogen) atoms. The van der Waals surface area contributed by atoms with Gasteiger partial charge in [-0.05, 0) is 49.4 Å². The Morgan fingerprint density at radius 2 is 1.47 bits per heavy atom. The quantitative estimate of drug-likeness (QED) is 0.535. The van der Waals surface area contributed by atoms with Crippen LogP contribution in [0.25, 0.3) is 0 Å². The van der Waals surface area contributed by atoms with Crippen molar-refractivity contribution in [3.8, 4) is 0 Å². The van der Waals surface area contributed by atoms with E-state index in [2.05, 4.69) is 6.92 Å². The monoisotopic (exact) mass is 262 g/mol. The van der Waals surface area contributed by atoms with Crippen molar-refractivity contribution in [2.24, 2.45) is 29.6 Å². The maximum atomic E-state index is 12.3. The third kappa shape index (κ3) is 2.76. The van der Waals surface area contributed by atoms with Crippen LogP contribution in [0, 0.1) is 29.6 Å². The molecule has 3 saturated carbocycles. The average Bonchev–Trinajstić information content (AvgIpc) is 2.86. The summed E-state index contributed by atoms with van der Waals surface area (Å²) >= 11 is 0. The minimum atomic E-state index is 0.534. The Morgan fingerprint density at radius 3 is 2.11 bits per heavy atom. The van der Waals surface area contributed by atoms with Gasteiger partial charge in [-0.25, -0.2) is 0 Å². The van der Waals surface area contributed by atoms with Crippen LogP contribution in [0.3, 0.4) is 0 Å². The number of carbonyl (C=O) groups is 1. The second kappa shape index (κ2) is 5.97. The molecule has 0 radical (unpaired) electrons. The second-order valence-corrected chi connectivity index (χ2v) is 7.35. The average molecular weight is 262 g/mol. The fourth-order valence-corrected chi connectivity index (χ4v) is 5.18. The molecule has 4 unspecified atom stereocenters. The van der Waals surface area contributed by atoms with E-state index in [0.29, 0.717) is 11.7 Å². The molecule has 3 aliphatic rings. The third-order valence-corrected chi connectivity index (χ3v) is 6.13. The Labute approximate surface area is 118 Å². The van der Waals surface area contributed by atoms with Gasteiger partial charge in [-0.15, -0.1) is 0 Å². The molecule has 1 nitrogen and oxygen atoms in total. The van der Waals surface area contributed by atoms with E-state index in [-0.39, 0.29) is 0 Å². The SMILES string of the molecule is CCCCCCCCCC(=O)C1C2C3CCC(C3)C12. The van der Waals surface area contributed by atoms with E-state index in [1.165, 1.54) is 57.8 Å². The molecule has 0 aromatic heterocycles. The van der Waals surface area contributed by atoms with Crippen molar-refractivity contribution in [3.63, 3.8) is 0 Å². The van der Waals surface area contributed by atoms with Gasteiger partial charge in [0.1, 0.15) is 5.78 Å². The van der Waals surface area contributed by atoms with Gasteiger partial charge in [-0.2, -0.15) is 0 Å². The van der Waals surface area contributed by atoms with Gasteiger partial charge >= 0.3 is 0 Å². The summed E-state index contributed by atoms with van der Waals surface area (Å²) < 4.78 is 0. The first-order valence-electron chi connectivity index (χ1n) is 8.85. The molecule has 1 heteroatoms. The first-order chi connectivity index (χ1) is 9.33. The zero-order valence-corrected chi connectivity index (χ0v) is 12.6. The molecule has 0 saturated heterocycles. The molecule has 4 atom stereocenters. The van der Waals surface area contributed by atoms with E-state index in [0.717, 1.165) is 36.5 Å². The van der Waals surface area contributed by atoms with Gasteiger partial charge in [0.25, 0.3) is 0 Å². The van der Waals surface area contributed by atoms with Crippen molar-refractivity contribution < 1.29 is 4.79 Å². The van der Waals surface area contributed by atoms with E-state index in [9.17, 15) is 4.79 Å².